The molecule has 1 fully saturated rings. The predicted molar refractivity (Wildman–Crippen MR) is 98.9 cm³/mol. The quantitative estimate of drug-likeness (QED) is 0.741. The van der Waals surface area contributed by atoms with Gasteiger partial charge in [0.15, 0.2) is 5.65 Å². The Morgan fingerprint density at radius 3 is 2.81 bits per heavy atom. The van der Waals surface area contributed by atoms with Crippen LogP contribution < -0.4 is 5.32 Å². The van der Waals surface area contributed by atoms with Gasteiger partial charge >= 0.3 is 0 Å². The highest BCUT2D eigenvalue weighted by molar-refractivity contribution is 5.96. The van der Waals surface area contributed by atoms with Crippen LogP contribution in [-0.2, 0) is 17.7 Å². The fraction of sp³-hybridized carbons (Fsp3) is 0.350. The van der Waals surface area contributed by atoms with E-state index in [0.717, 1.165) is 24.1 Å². The van der Waals surface area contributed by atoms with E-state index in [1.165, 1.54) is 5.56 Å². The molecule has 0 radical (unpaired) electrons. The first-order valence-corrected chi connectivity index (χ1v) is 8.84. The van der Waals surface area contributed by atoms with Crippen LogP contribution in [0.1, 0.15) is 22.8 Å². The van der Waals surface area contributed by atoms with Crippen molar-refractivity contribution in [3.63, 3.8) is 0 Å². The molecule has 1 saturated heterocycles. The van der Waals surface area contributed by atoms with E-state index in [0.29, 0.717) is 25.3 Å². The molecule has 26 heavy (non-hydrogen) atoms. The largest absolute Gasteiger partial charge is 0.380 e. The first kappa shape index (κ1) is 16.7. The zero-order valence-corrected chi connectivity index (χ0v) is 14.8. The molecule has 2 aromatic heterocycles. The highest BCUT2D eigenvalue weighted by Gasteiger charge is 2.33. The number of benzene rings is 1. The fourth-order valence-electron chi connectivity index (χ4n) is 3.08. The van der Waals surface area contributed by atoms with Crippen molar-refractivity contribution >= 4 is 17.1 Å². The van der Waals surface area contributed by atoms with Crippen molar-refractivity contribution < 1.29 is 9.53 Å². The molecule has 0 spiro atoms. The van der Waals surface area contributed by atoms with Gasteiger partial charge in [-0.05, 0) is 18.1 Å². The molecule has 134 valence electrons. The number of nitrogens with one attached hydrogen (secondary N) is 1. The monoisotopic (exact) mass is 350 g/mol. The van der Waals surface area contributed by atoms with Gasteiger partial charge in [0.1, 0.15) is 5.52 Å². The summed E-state index contributed by atoms with van der Waals surface area (Å²) in [6.07, 6.45) is 4.32. The number of aromatic nitrogens is 3. The second kappa shape index (κ2) is 6.88. The smallest absolute Gasteiger partial charge is 0.252 e. The van der Waals surface area contributed by atoms with Crippen LogP contribution in [0.15, 0.2) is 48.9 Å². The van der Waals surface area contributed by atoms with Crippen LogP contribution in [0.5, 0.6) is 0 Å². The van der Waals surface area contributed by atoms with Crippen LogP contribution in [-0.4, -0.2) is 40.2 Å². The third-order valence-corrected chi connectivity index (χ3v) is 4.78. The van der Waals surface area contributed by atoms with Crippen molar-refractivity contribution in [2.75, 3.05) is 19.8 Å². The van der Waals surface area contributed by atoms with Crippen molar-refractivity contribution in [2.45, 2.75) is 19.9 Å². The van der Waals surface area contributed by atoms with Crippen molar-refractivity contribution in [2.24, 2.45) is 5.41 Å². The molecule has 1 aliphatic heterocycles. The molecule has 1 amide bonds. The molecule has 1 N–H and O–H groups in total. The minimum atomic E-state index is -0.119. The first-order valence-electron chi connectivity index (χ1n) is 8.84. The second-order valence-electron chi connectivity index (χ2n) is 7.23. The van der Waals surface area contributed by atoms with Crippen LogP contribution in [0, 0.1) is 5.41 Å². The van der Waals surface area contributed by atoms with Gasteiger partial charge in [0.2, 0.25) is 0 Å². The van der Waals surface area contributed by atoms with E-state index >= 15 is 0 Å². The normalized spacial score (nSPS) is 15.6. The minimum absolute atomic E-state index is 0.0478. The average molecular weight is 350 g/mol. The number of hydrogen-bond acceptors (Lipinski definition) is 4. The van der Waals surface area contributed by atoms with Gasteiger partial charge < -0.3 is 14.6 Å². The lowest BCUT2D eigenvalue weighted by molar-refractivity contribution is -0.0978. The number of carbonyl (C=O) groups is 1. The average Bonchev–Trinajstić information content (AvgIpc) is 3.06. The van der Waals surface area contributed by atoms with Crippen LogP contribution in [0.2, 0.25) is 0 Å². The molecule has 6 heteroatoms. The highest BCUT2D eigenvalue weighted by atomic mass is 16.5. The predicted octanol–water partition coefficient (Wildman–Crippen LogP) is 2.44. The number of amides is 1. The fourth-order valence-corrected chi connectivity index (χ4v) is 3.08. The number of pyridine rings is 1. The molecule has 3 aromatic rings. The SMILES string of the molecule is CC1(CNC(=O)c2cnc3c(c2)ncn3CCc2ccccc2)COC1. The van der Waals surface area contributed by atoms with Crippen molar-refractivity contribution in [3.8, 4) is 0 Å². The second-order valence-corrected chi connectivity index (χ2v) is 7.23. The Morgan fingerprint density at radius 1 is 1.27 bits per heavy atom. The van der Waals surface area contributed by atoms with Crippen LogP contribution in [0.4, 0.5) is 0 Å². The van der Waals surface area contributed by atoms with E-state index in [1.807, 2.05) is 22.8 Å². The Labute approximate surface area is 152 Å². The lowest BCUT2D eigenvalue weighted by Crippen LogP contribution is -2.48. The summed E-state index contributed by atoms with van der Waals surface area (Å²) < 4.78 is 7.24. The number of carbonyl (C=O) groups excluding carboxylic acids is 1. The highest BCUT2D eigenvalue weighted by Crippen LogP contribution is 2.25. The Hall–Kier alpha value is -2.73. The third-order valence-electron chi connectivity index (χ3n) is 4.78. The number of imidazole rings is 1. The molecule has 0 aliphatic carbocycles. The van der Waals surface area contributed by atoms with Gasteiger partial charge in [-0.3, -0.25) is 4.79 Å². The molecule has 6 nitrogen and oxygen atoms in total. The van der Waals surface area contributed by atoms with Gasteiger partial charge in [-0.1, -0.05) is 37.3 Å². The summed E-state index contributed by atoms with van der Waals surface area (Å²) in [5.74, 6) is -0.119. The Bertz CT molecular complexity index is 916. The summed E-state index contributed by atoms with van der Waals surface area (Å²) in [6.45, 7) is 4.90. The van der Waals surface area contributed by atoms with Gasteiger partial charge in [-0.15, -0.1) is 0 Å². The summed E-state index contributed by atoms with van der Waals surface area (Å²) in [5, 5.41) is 2.97. The standard InChI is InChI=1S/C20H22N4O2/c1-20(12-26-13-20)11-22-19(25)16-9-17-18(21-10-16)24(14-23-17)8-7-15-5-3-2-4-6-15/h2-6,9-10,14H,7-8,11-13H2,1H3,(H,22,25). The van der Waals surface area contributed by atoms with Crippen molar-refractivity contribution in [1.29, 1.82) is 0 Å². The summed E-state index contributed by atoms with van der Waals surface area (Å²) in [4.78, 5) is 21.2. The molecule has 0 saturated carbocycles. The van der Waals surface area contributed by atoms with Gasteiger partial charge in [0, 0.05) is 24.7 Å². The first-order chi connectivity index (χ1) is 12.6. The molecule has 0 atom stereocenters. The van der Waals surface area contributed by atoms with E-state index in [-0.39, 0.29) is 11.3 Å². The maximum atomic E-state index is 12.4. The van der Waals surface area contributed by atoms with Gasteiger partial charge in [-0.2, -0.15) is 0 Å². The van der Waals surface area contributed by atoms with E-state index in [4.69, 9.17) is 4.74 Å². The summed E-state index contributed by atoms with van der Waals surface area (Å²) >= 11 is 0. The number of ether oxygens (including phenoxy) is 1. The van der Waals surface area contributed by atoms with Gasteiger partial charge in [0.25, 0.3) is 5.91 Å². The molecule has 0 bridgehead atoms. The molecule has 1 aliphatic rings. The number of aryl methyl sites for hydroxylation is 2. The number of fused-ring (bicyclic) bond motifs is 1. The van der Waals surface area contributed by atoms with E-state index in [1.54, 1.807) is 18.6 Å². The van der Waals surface area contributed by atoms with Crippen LogP contribution in [0.3, 0.4) is 0 Å². The maximum Gasteiger partial charge on any atom is 0.252 e. The Morgan fingerprint density at radius 2 is 2.08 bits per heavy atom. The topological polar surface area (TPSA) is 69.0 Å². The number of hydrogen-bond donors (Lipinski definition) is 1. The summed E-state index contributed by atoms with van der Waals surface area (Å²) in [7, 11) is 0. The van der Waals surface area contributed by atoms with E-state index in [2.05, 4.69) is 34.3 Å². The summed E-state index contributed by atoms with van der Waals surface area (Å²) in [6, 6.07) is 12.1. The number of nitrogens with zero attached hydrogens (tertiary/aromatic N) is 3. The lowest BCUT2D eigenvalue weighted by Gasteiger charge is -2.37. The maximum absolute atomic E-state index is 12.4. The van der Waals surface area contributed by atoms with Crippen LogP contribution >= 0.6 is 0 Å². The zero-order valence-electron chi connectivity index (χ0n) is 14.8. The summed E-state index contributed by atoms with van der Waals surface area (Å²) in [5.41, 5.74) is 3.40. The molecule has 1 aromatic carbocycles. The van der Waals surface area contributed by atoms with Gasteiger partial charge in [-0.25, -0.2) is 9.97 Å². The van der Waals surface area contributed by atoms with Crippen molar-refractivity contribution in [3.05, 3.63) is 60.0 Å². The Balaban J connectivity index is 1.43. The van der Waals surface area contributed by atoms with Gasteiger partial charge in [0.05, 0.1) is 25.1 Å². The molecule has 4 rings (SSSR count). The third kappa shape index (κ3) is 3.46. The Kier molecular flexibility index (Phi) is 4.42. The zero-order chi connectivity index (χ0) is 18.0. The molecule has 0 unspecified atom stereocenters. The number of rotatable bonds is 6. The van der Waals surface area contributed by atoms with Crippen LogP contribution in [0.25, 0.3) is 11.2 Å². The lowest BCUT2D eigenvalue weighted by atomic mass is 9.89. The minimum Gasteiger partial charge on any atom is -0.380 e. The van der Waals surface area contributed by atoms with Crippen molar-refractivity contribution in [1.82, 2.24) is 19.9 Å². The van der Waals surface area contributed by atoms with E-state index in [9.17, 15) is 4.79 Å². The molecular formula is C20H22N4O2. The molecule has 3 heterocycles. The van der Waals surface area contributed by atoms with E-state index < -0.39 is 0 Å². The molecular weight excluding hydrogens is 328 g/mol.